The second kappa shape index (κ2) is 8.43. The Morgan fingerprint density at radius 1 is 0.931 bits per heavy atom. The summed E-state index contributed by atoms with van der Waals surface area (Å²) in [6, 6.07) is 21.7. The molecule has 0 saturated heterocycles. The smallest absolute Gasteiger partial charge is 0.225 e. The normalized spacial score (nSPS) is 10.6. The Balaban J connectivity index is 1.68. The van der Waals surface area contributed by atoms with Gasteiger partial charge in [-0.15, -0.1) is 0 Å². The van der Waals surface area contributed by atoms with Crippen LogP contribution >= 0.6 is 0 Å². The molecule has 0 radical (unpaired) electrons. The second-order valence-corrected chi connectivity index (χ2v) is 6.56. The summed E-state index contributed by atoms with van der Waals surface area (Å²) < 4.78 is 5.51. The molecule has 2 aromatic heterocycles. The van der Waals surface area contributed by atoms with Gasteiger partial charge in [0.05, 0.1) is 12.8 Å². The maximum Gasteiger partial charge on any atom is 0.225 e. The number of methoxy groups -OCH3 is 1. The van der Waals surface area contributed by atoms with Gasteiger partial charge in [-0.25, -0.2) is 4.98 Å². The van der Waals surface area contributed by atoms with Crippen LogP contribution in [0, 0.1) is 6.92 Å². The molecule has 0 spiro atoms. The van der Waals surface area contributed by atoms with Crippen molar-refractivity contribution in [2.75, 3.05) is 17.7 Å². The molecule has 3 N–H and O–H groups in total. The molecule has 0 saturated carbocycles. The van der Waals surface area contributed by atoms with Gasteiger partial charge < -0.3 is 15.4 Å². The Morgan fingerprint density at radius 2 is 1.72 bits per heavy atom. The topological polar surface area (TPSA) is 87.8 Å². The zero-order chi connectivity index (χ0) is 20.1. The lowest BCUT2D eigenvalue weighted by molar-refractivity contribution is 0.416. The highest BCUT2D eigenvalue weighted by molar-refractivity contribution is 5.71. The first-order valence-electron chi connectivity index (χ1n) is 9.30. The lowest BCUT2D eigenvalue weighted by Crippen LogP contribution is -2.06. The van der Waals surface area contributed by atoms with E-state index in [-0.39, 0.29) is 0 Å². The number of para-hydroxylation sites is 1. The van der Waals surface area contributed by atoms with Crippen molar-refractivity contribution in [3.05, 3.63) is 78.0 Å². The zero-order valence-corrected chi connectivity index (χ0v) is 16.3. The van der Waals surface area contributed by atoms with E-state index in [1.165, 1.54) is 0 Å². The van der Waals surface area contributed by atoms with Crippen LogP contribution in [0.1, 0.15) is 11.3 Å². The van der Waals surface area contributed by atoms with Crippen molar-refractivity contribution in [3.63, 3.8) is 0 Å². The van der Waals surface area contributed by atoms with E-state index in [1.807, 2.05) is 61.5 Å². The number of aromatic amines is 1. The Hall–Kier alpha value is -3.87. The number of hydrogen-bond acceptors (Lipinski definition) is 6. The van der Waals surface area contributed by atoms with E-state index < -0.39 is 0 Å². The number of hydrogen-bond donors (Lipinski definition) is 3. The maximum absolute atomic E-state index is 5.51. The molecule has 0 bridgehead atoms. The van der Waals surface area contributed by atoms with E-state index in [2.05, 4.69) is 37.9 Å². The third-order valence-corrected chi connectivity index (χ3v) is 4.36. The molecule has 0 aliphatic heterocycles. The number of aromatic nitrogens is 4. The molecule has 4 rings (SSSR count). The quantitative estimate of drug-likeness (QED) is 0.432. The van der Waals surface area contributed by atoms with Gasteiger partial charge in [0.25, 0.3) is 0 Å². The summed E-state index contributed by atoms with van der Waals surface area (Å²) in [5.74, 6) is 2.61. The Kier molecular flexibility index (Phi) is 5.38. The van der Waals surface area contributed by atoms with Crippen LogP contribution in [0.2, 0.25) is 0 Å². The first-order chi connectivity index (χ1) is 14.2. The van der Waals surface area contributed by atoms with Crippen molar-refractivity contribution in [2.45, 2.75) is 13.5 Å². The Bertz CT molecular complexity index is 1090. The molecule has 2 heterocycles. The molecule has 7 heteroatoms. The first-order valence-corrected chi connectivity index (χ1v) is 9.30. The molecule has 29 heavy (non-hydrogen) atoms. The summed E-state index contributed by atoms with van der Waals surface area (Å²) in [4.78, 5) is 9.31. The Morgan fingerprint density at radius 3 is 2.48 bits per heavy atom. The SMILES string of the molecule is COc1ccccc1-c1cc(Nc2cc(C)[nH]n2)nc(NCc2ccccc2)n1. The minimum absolute atomic E-state index is 0.520. The third-order valence-electron chi connectivity index (χ3n) is 4.36. The molecular weight excluding hydrogens is 364 g/mol. The van der Waals surface area contributed by atoms with Crippen LogP contribution in [0.3, 0.4) is 0 Å². The second-order valence-electron chi connectivity index (χ2n) is 6.56. The van der Waals surface area contributed by atoms with Crippen molar-refractivity contribution >= 4 is 17.6 Å². The molecule has 0 aliphatic carbocycles. The number of rotatable bonds is 7. The van der Waals surface area contributed by atoms with E-state index >= 15 is 0 Å². The lowest BCUT2D eigenvalue weighted by Gasteiger charge is -2.12. The van der Waals surface area contributed by atoms with Crippen LogP contribution in [0.25, 0.3) is 11.3 Å². The number of benzene rings is 2. The molecule has 2 aromatic carbocycles. The molecule has 4 aromatic rings. The summed E-state index contributed by atoms with van der Waals surface area (Å²) in [5.41, 5.74) is 3.76. The van der Waals surface area contributed by atoms with Gasteiger partial charge in [-0.05, 0) is 24.6 Å². The van der Waals surface area contributed by atoms with Gasteiger partial charge in [0.15, 0.2) is 5.82 Å². The van der Waals surface area contributed by atoms with Gasteiger partial charge in [0, 0.05) is 29.9 Å². The van der Waals surface area contributed by atoms with Gasteiger partial charge in [0.2, 0.25) is 5.95 Å². The van der Waals surface area contributed by atoms with Crippen LogP contribution in [0.4, 0.5) is 17.6 Å². The standard InChI is InChI=1S/C22H22N6O/c1-15-12-21(28-27-15)25-20-13-18(17-10-6-7-11-19(17)29-2)24-22(26-20)23-14-16-8-4-3-5-9-16/h3-13H,14H2,1-2H3,(H3,23,24,25,26,27,28). The average molecular weight is 386 g/mol. The predicted octanol–water partition coefficient (Wildman–Crippen LogP) is 4.54. The highest BCUT2D eigenvalue weighted by Gasteiger charge is 2.12. The summed E-state index contributed by atoms with van der Waals surface area (Å²) in [6.07, 6.45) is 0. The molecule has 146 valence electrons. The van der Waals surface area contributed by atoms with Crippen molar-refractivity contribution < 1.29 is 4.74 Å². The molecule has 7 nitrogen and oxygen atoms in total. The molecule has 0 aliphatic rings. The van der Waals surface area contributed by atoms with Crippen LogP contribution in [-0.4, -0.2) is 27.3 Å². The van der Waals surface area contributed by atoms with Crippen LogP contribution < -0.4 is 15.4 Å². The van der Waals surface area contributed by atoms with Crippen molar-refractivity contribution in [1.29, 1.82) is 0 Å². The average Bonchev–Trinajstić information content (AvgIpc) is 3.17. The minimum Gasteiger partial charge on any atom is -0.496 e. The summed E-state index contributed by atoms with van der Waals surface area (Å²) in [6.45, 7) is 2.57. The summed E-state index contributed by atoms with van der Waals surface area (Å²) in [5, 5.41) is 13.7. The van der Waals surface area contributed by atoms with Crippen molar-refractivity contribution in [1.82, 2.24) is 20.2 Å². The largest absolute Gasteiger partial charge is 0.496 e. The van der Waals surface area contributed by atoms with Gasteiger partial charge >= 0.3 is 0 Å². The number of anilines is 3. The van der Waals surface area contributed by atoms with Crippen LogP contribution in [0.5, 0.6) is 5.75 Å². The van der Waals surface area contributed by atoms with E-state index in [0.29, 0.717) is 24.1 Å². The van der Waals surface area contributed by atoms with Gasteiger partial charge in [-0.3, -0.25) is 5.10 Å². The molecule has 0 fully saturated rings. The fraction of sp³-hybridized carbons (Fsp3) is 0.136. The van der Waals surface area contributed by atoms with E-state index in [1.54, 1.807) is 7.11 Å². The summed E-state index contributed by atoms with van der Waals surface area (Å²) >= 11 is 0. The molecule has 0 amide bonds. The van der Waals surface area contributed by atoms with E-state index in [0.717, 1.165) is 28.3 Å². The van der Waals surface area contributed by atoms with E-state index in [4.69, 9.17) is 9.72 Å². The fourth-order valence-corrected chi connectivity index (χ4v) is 2.97. The van der Waals surface area contributed by atoms with Gasteiger partial charge in [-0.1, -0.05) is 42.5 Å². The molecular formula is C22H22N6O. The van der Waals surface area contributed by atoms with Gasteiger partial charge in [-0.2, -0.15) is 10.1 Å². The van der Waals surface area contributed by atoms with Crippen molar-refractivity contribution in [3.8, 4) is 17.0 Å². The molecule has 0 atom stereocenters. The van der Waals surface area contributed by atoms with Crippen molar-refractivity contribution in [2.24, 2.45) is 0 Å². The zero-order valence-electron chi connectivity index (χ0n) is 16.3. The predicted molar refractivity (Wildman–Crippen MR) is 114 cm³/mol. The first kappa shape index (κ1) is 18.5. The highest BCUT2D eigenvalue weighted by Crippen LogP contribution is 2.30. The Labute approximate surface area is 169 Å². The highest BCUT2D eigenvalue weighted by atomic mass is 16.5. The van der Waals surface area contributed by atoms with E-state index in [9.17, 15) is 0 Å². The number of nitrogens with one attached hydrogen (secondary N) is 3. The fourth-order valence-electron chi connectivity index (χ4n) is 2.97. The maximum atomic E-state index is 5.51. The van der Waals surface area contributed by atoms with Gasteiger partial charge in [0.1, 0.15) is 11.6 Å². The summed E-state index contributed by atoms with van der Waals surface area (Å²) in [7, 11) is 1.65. The number of aryl methyl sites for hydroxylation is 1. The van der Waals surface area contributed by atoms with Crippen LogP contribution in [-0.2, 0) is 6.54 Å². The minimum atomic E-state index is 0.520. The number of ether oxygens (including phenoxy) is 1. The molecule has 0 unspecified atom stereocenters. The number of H-pyrrole nitrogens is 1. The monoisotopic (exact) mass is 386 g/mol. The van der Waals surface area contributed by atoms with Crippen LogP contribution in [0.15, 0.2) is 66.7 Å². The number of nitrogens with zero attached hydrogens (tertiary/aromatic N) is 3. The lowest BCUT2D eigenvalue weighted by atomic mass is 10.1. The third kappa shape index (κ3) is 4.52.